The summed E-state index contributed by atoms with van der Waals surface area (Å²) < 4.78 is 11.0. The van der Waals surface area contributed by atoms with Crippen LogP contribution in [0.1, 0.15) is 16.7 Å². The number of aryl methyl sites for hydroxylation is 1. The van der Waals surface area contributed by atoms with Crippen LogP contribution >= 0.6 is 23.4 Å². The molecule has 0 aromatic heterocycles. The van der Waals surface area contributed by atoms with Crippen LogP contribution < -0.4 is 14.8 Å². The maximum absolute atomic E-state index is 6.10. The standard InChI is InChI=1S/C19H24ClNO2S/c1-13-7-14(9-16(20)8-13)12-21-6-5-15-10-18(23-3)19(24-4)11-17(15)22-2/h7-11,21H,5-6,12H2,1-4H3. The van der Waals surface area contributed by atoms with Crippen molar-refractivity contribution < 1.29 is 9.47 Å². The van der Waals surface area contributed by atoms with E-state index in [9.17, 15) is 0 Å². The van der Waals surface area contributed by atoms with Crippen molar-refractivity contribution in [3.05, 3.63) is 52.0 Å². The van der Waals surface area contributed by atoms with Gasteiger partial charge >= 0.3 is 0 Å². The molecule has 2 aromatic rings. The zero-order chi connectivity index (χ0) is 17.5. The number of hydrogen-bond acceptors (Lipinski definition) is 4. The van der Waals surface area contributed by atoms with Crippen molar-refractivity contribution >= 4 is 23.4 Å². The van der Waals surface area contributed by atoms with Gasteiger partial charge in [-0.2, -0.15) is 0 Å². The zero-order valence-electron chi connectivity index (χ0n) is 14.6. The molecule has 2 rings (SSSR count). The van der Waals surface area contributed by atoms with E-state index in [0.717, 1.165) is 46.5 Å². The molecule has 24 heavy (non-hydrogen) atoms. The van der Waals surface area contributed by atoms with Crippen LogP contribution in [0, 0.1) is 6.92 Å². The molecule has 0 aliphatic rings. The Kier molecular flexibility index (Phi) is 7.28. The number of nitrogens with one attached hydrogen (secondary N) is 1. The van der Waals surface area contributed by atoms with Gasteiger partial charge in [0.2, 0.25) is 0 Å². The fourth-order valence-electron chi connectivity index (χ4n) is 2.66. The Hall–Kier alpha value is -1.36. The summed E-state index contributed by atoms with van der Waals surface area (Å²) in [6, 6.07) is 10.2. The van der Waals surface area contributed by atoms with Gasteiger partial charge < -0.3 is 14.8 Å². The molecule has 0 unspecified atom stereocenters. The molecule has 0 fully saturated rings. The van der Waals surface area contributed by atoms with Gasteiger partial charge in [-0.3, -0.25) is 0 Å². The summed E-state index contributed by atoms with van der Waals surface area (Å²) in [5.74, 6) is 1.80. The van der Waals surface area contributed by atoms with Gasteiger partial charge in [0.25, 0.3) is 0 Å². The van der Waals surface area contributed by atoms with Crippen molar-refractivity contribution in [3.63, 3.8) is 0 Å². The minimum Gasteiger partial charge on any atom is -0.496 e. The predicted octanol–water partition coefficient (Wildman–Crippen LogP) is 4.72. The van der Waals surface area contributed by atoms with Gasteiger partial charge in [-0.25, -0.2) is 0 Å². The Balaban J connectivity index is 1.98. The molecule has 5 heteroatoms. The Labute approximate surface area is 153 Å². The Bertz CT molecular complexity index is 671. The van der Waals surface area contributed by atoms with Crippen LogP contribution in [0.3, 0.4) is 0 Å². The van der Waals surface area contributed by atoms with Gasteiger partial charge in [-0.15, -0.1) is 11.8 Å². The molecule has 0 spiro atoms. The summed E-state index contributed by atoms with van der Waals surface area (Å²) in [6.07, 6.45) is 2.90. The molecule has 2 aromatic carbocycles. The molecular formula is C19H24ClNO2S. The topological polar surface area (TPSA) is 30.5 Å². The lowest BCUT2D eigenvalue weighted by atomic mass is 10.1. The molecule has 0 aliphatic carbocycles. The van der Waals surface area contributed by atoms with Crippen LogP contribution in [0.5, 0.6) is 11.5 Å². The van der Waals surface area contributed by atoms with Gasteiger partial charge in [0.05, 0.1) is 19.1 Å². The molecule has 1 N–H and O–H groups in total. The van der Waals surface area contributed by atoms with Crippen molar-refractivity contribution in [1.29, 1.82) is 0 Å². The first-order valence-corrected chi connectivity index (χ1v) is 9.43. The van der Waals surface area contributed by atoms with E-state index in [1.165, 1.54) is 11.1 Å². The van der Waals surface area contributed by atoms with Gasteiger partial charge in [-0.05, 0) is 67.1 Å². The van der Waals surface area contributed by atoms with Crippen molar-refractivity contribution in [3.8, 4) is 11.5 Å². The molecular weight excluding hydrogens is 342 g/mol. The number of ether oxygens (including phenoxy) is 2. The van der Waals surface area contributed by atoms with Gasteiger partial charge in [0.1, 0.15) is 11.5 Å². The summed E-state index contributed by atoms with van der Waals surface area (Å²) >= 11 is 7.75. The third kappa shape index (κ3) is 5.07. The lowest BCUT2D eigenvalue weighted by Gasteiger charge is -2.14. The first-order valence-electron chi connectivity index (χ1n) is 7.83. The lowest BCUT2D eigenvalue weighted by molar-refractivity contribution is 0.390. The highest BCUT2D eigenvalue weighted by molar-refractivity contribution is 7.98. The number of halogens is 1. The average Bonchev–Trinajstić information content (AvgIpc) is 2.57. The van der Waals surface area contributed by atoms with E-state index in [2.05, 4.69) is 24.4 Å². The molecule has 0 bridgehead atoms. The summed E-state index contributed by atoms with van der Waals surface area (Å²) in [5, 5.41) is 4.24. The second-order valence-electron chi connectivity index (χ2n) is 5.58. The molecule has 0 saturated carbocycles. The minimum atomic E-state index is 0.783. The molecule has 0 saturated heterocycles. The third-order valence-corrected chi connectivity index (χ3v) is 4.77. The molecule has 3 nitrogen and oxygen atoms in total. The first-order chi connectivity index (χ1) is 11.6. The van der Waals surface area contributed by atoms with Crippen LogP contribution in [0.25, 0.3) is 0 Å². The highest BCUT2D eigenvalue weighted by atomic mass is 35.5. The summed E-state index contributed by atoms with van der Waals surface area (Å²) in [6.45, 7) is 3.70. The smallest absolute Gasteiger partial charge is 0.132 e. The molecule has 0 amide bonds. The van der Waals surface area contributed by atoms with Crippen LogP contribution in [0.4, 0.5) is 0 Å². The molecule has 0 heterocycles. The molecule has 0 atom stereocenters. The summed E-state index contributed by atoms with van der Waals surface area (Å²) in [4.78, 5) is 1.08. The fourth-order valence-corrected chi connectivity index (χ4v) is 3.54. The molecule has 130 valence electrons. The Morgan fingerprint density at radius 3 is 2.42 bits per heavy atom. The second-order valence-corrected chi connectivity index (χ2v) is 6.87. The van der Waals surface area contributed by atoms with Crippen molar-refractivity contribution in [1.82, 2.24) is 5.32 Å². The largest absolute Gasteiger partial charge is 0.496 e. The van der Waals surface area contributed by atoms with Crippen LogP contribution in [-0.2, 0) is 13.0 Å². The van der Waals surface area contributed by atoms with Gasteiger partial charge in [0, 0.05) is 11.6 Å². The van der Waals surface area contributed by atoms with E-state index in [1.54, 1.807) is 26.0 Å². The van der Waals surface area contributed by atoms with E-state index in [0.29, 0.717) is 0 Å². The van der Waals surface area contributed by atoms with Crippen molar-refractivity contribution in [2.75, 3.05) is 27.0 Å². The van der Waals surface area contributed by atoms with Gasteiger partial charge in [-0.1, -0.05) is 17.7 Å². The third-order valence-electron chi connectivity index (χ3n) is 3.79. The van der Waals surface area contributed by atoms with E-state index < -0.39 is 0 Å². The quantitative estimate of drug-likeness (QED) is 0.541. The predicted molar refractivity (Wildman–Crippen MR) is 103 cm³/mol. The SMILES string of the molecule is COc1cc(SC)c(OC)cc1CCNCc1cc(C)cc(Cl)c1. The normalized spacial score (nSPS) is 10.7. The maximum atomic E-state index is 6.10. The van der Waals surface area contributed by atoms with E-state index >= 15 is 0 Å². The second kappa shape index (κ2) is 9.21. The molecule has 0 radical (unpaired) electrons. The monoisotopic (exact) mass is 365 g/mol. The summed E-state index contributed by atoms with van der Waals surface area (Å²) in [5.41, 5.74) is 3.52. The van der Waals surface area contributed by atoms with E-state index in [4.69, 9.17) is 21.1 Å². The van der Waals surface area contributed by atoms with Crippen LogP contribution in [0.2, 0.25) is 5.02 Å². The highest BCUT2D eigenvalue weighted by Gasteiger charge is 2.10. The van der Waals surface area contributed by atoms with E-state index in [1.807, 2.05) is 24.5 Å². The van der Waals surface area contributed by atoms with Crippen molar-refractivity contribution in [2.45, 2.75) is 24.8 Å². The first kappa shape index (κ1) is 19.0. The van der Waals surface area contributed by atoms with Crippen molar-refractivity contribution in [2.24, 2.45) is 0 Å². The maximum Gasteiger partial charge on any atom is 0.132 e. The summed E-state index contributed by atoms with van der Waals surface area (Å²) in [7, 11) is 3.41. The zero-order valence-corrected chi connectivity index (χ0v) is 16.2. The van der Waals surface area contributed by atoms with Crippen LogP contribution in [0.15, 0.2) is 35.2 Å². The highest BCUT2D eigenvalue weighted by Crippen LogP contribution is 2.34. The number of rotatable bonds is 8. The lowest BCUT2D eigenvalue weighted by Crippen LogP contribution is -2.17. The van der Waals surface area contributed by atoms with E-state index in [-0.39, 0.29) is 0 Å². The number of methoxy groups -OCH3 is 2. The van der Waals surface area contributed by atoms with Gasteiger partial charge in [0.15, 0.2) is 0 Å². The minimum absolute atomic E-state index is 0.783. The Morgan fingerprint density at radius 2 is 1.79 bits per heavy atom. The fraction of sp³-hybridized carbons (Fsp3) is 0.368. The number of hydrogen-bond donors (Lipinski definition) is 1. The molecule has 0 aliphatic heterocycles. The average molecular weight is 366 g/mol. The number of benzene rings is 2. The Morgan fingerprint density at radius 1 is 1.04 bits per heavy atom. The number of thioether (sulfide) groups is 1. The van der Waals surface area contributed by atoms with Crippen LogP contribution in [-0.4, -0.2) is 27.0 Å².